The number of Topliss-reactive ketones (excluding diaryl/α,β-unsaturated/α-hetero) is 1. The molecule has 0 aliphatic heterocycles. The van der Waals surface area contributed by atoms with Crippen molar-refractivity contribution in [2.24, 2.45) is 7.05 Å². The van der Waals surface area contributed by atoms with Gasteiger partial charge in [-0.1, -0.05) is 48.5 Å². The summed E-state index contributed by atoms with van der Waals surface area (Å²) in [6.07, 6.45) is 13.4. The van der Waals surface area contributed by atoms with E-state index in [1.54, 1.807) is 21.6 Å². The molecule has 2 aromatic heterocycles. The first kappa shape index (κ1) is 24.9. The fourth-order valence-corrected chi connectivity index (χ4v) is 5.23. The molecular weight excluding hydrogens is 460 g/mol. The number of rotatable bonds is 10. The molecule has 2 heterocycles. The van der Waals surface area contributed by atoms with Gasteiger partial charge >= 0.3 is 0 Å². The second kappa shape index (κ2) is 11.5. The molecule has 0 spiro atoms. The maximum atomic E-state index is 13.5. The third-order valence-corrected chi connectivity index (χ3v) is 7.29. The molecular formula is C31H34N4O2. The van der Waals surface area contributed by atoms with Crippen molar-refractivity contribution < 1.29 is 4.79 Å². The van der Waals surface area contributed by atoms with E-state index in [4.69, 9.17) is 0 Å². The molecule has 190 valence electrons. The summed E-state index contributed by atoms with van der Waals surface area (Å²) >= 11 is 0. The average Bonchev–Trinajstić information content (AvgIpc) is 3.36. The van der Waals surface area contributed by atoms with Crippen molar-refractivity contribution >= 4 is 5.78 Å². The molecule has 0 saturated carbocycles. The van der Waals surface area contributed by atoms with Crippen LogP contribution < -0.4 is 5.56 Å². The van der Waals surface area contributed by atoms with Crippen LogP contribution in [0.1, 0.15) is 53.6 Å². The van der Waals surface area contributed by atoms with Gasteiger partial charge in [-0.15, -0.1) is 0 Å². The minimum Gasteiger partial charge on any atom is -0.298 e. The Morgan fingerprint density at radius 3 is 2.51 bits per heavy atom. The van der Waals surface area contributed by atoms with Gasteiger partial charge in [-0.05, 0) is 73.6 Å². The Bertz CT molecular complexity index is 1440. The lowest BCUT2D eigenvalue weighted by Crippen LogP contribution is -2.29. The Morgan fingerprint density at radius 2 is 1.73 bits per heavy atom. The summed E-state index contributed by atoms with van der Waals surface area (Å²) in [6, 6.07) is 16.9. The van der Waals surface area contributed by atoms with E-state index in [1.807, 2.05) is 31.4 Å². The number of hydrogen-bond donors (Lipinski definition) is 0. The van der Waals surface area contributed by atoms with Gasteiger partial charge < -0.3 is 0 Å². The van der Waals surface area contributed by atoms with Gasteiger partial charge in [0.15, 0.2) is 5.78 Å². The van der Waals surface area contributed by atoms with Crippen LogP contribution in [0.4, 0.5) is 0 Å². The van der Waals surface area contributed by atoms with E-state index in [-0.39, 0.29) is 17.9 Å². The molecule has 0 atom stereocenters. The van der Waals surface area contributed by atoms with E-state index in [1.165, 1.54) is 35.1 Å². The van der Waals surface area contributed by atoms with Crippen LogP contribution in [0, 0.1) is 0 Å². The standard InChI is InChI=1S/C31H34N4O2/c1-34-21-27(19-33-34)30-20-32-29(13-7-10-23-8-3-2-4-9-23)31(37)35(30)22-28(36)17-15-24-14-16-25-11-5-6-12-26(25)18-24/h2-4,8-9,14,16,18-21H,5-7,10-13,15,17,22H2,1H3. The third kappa shape index (κ3) is 6.13. The van der Waals surface area contributed by atoms with Crippen molar-refractivity contribution in [3.8, 4) is 11.3 Å². The second-order valence-electron chi connectivity index (χ2n) is 10.1. The summed E-state index contributed by atoms with van der Waals surface area (Å²) < 4.78 is 3.28. The monoisotopic (exact) mass is 494 g/mol. The van der Waals surface area contributed by atoms with Crippen LogP contribution >= 0.6 is 0 Å². The number of hydrogen-bond acceptors (Lipinski definition) is 4. The number of aromatic nitrogens is 4. The molecule has 1 aliphatic carbocycles. The van der Waals surface area contributed by atoms with Crippen LogP contribution in [0.5, 0.6) is 0 Å². The number of carbonyl (C=O) groups excluding carboxylic acids is 1. The molecule has 37 heavy (non-hydrogen) atoms. The van der Waals surface area contributed by atoms with Crippen LogP contribution in [-0.2, 0) is 50.5 Å². The zero-order valence-electron chi connectivity index (χ0n) is 21.5. The van der Waals surface area contributed by atoms with E-state index in [2.05, 4.69) is 40.4 Å². The zero-order valence-corrected chi connectivity index (χ0v) is 21.5. The minimum absolute atomic E-state index is 0.0439. The topological polar surface area (TPSA) is 69.8 Å². The third-order valence-electron chi connectivity index (χ3n) is 7.29. The molecule has 5 rings (SSSR count). The number of fused-ring (bicyclic) bond motifs is 1. The van der Waals surface area contributed by atoms with Gasteiger partial charge in [0, 0.05) is 25.2 Å². The summed E-state index contributed by atoms with van der Waals surface area (Å²) in [6.45, 7) is 0.0439. The fourth-order valence-electron chi connectivity index (χ4n) is 5.23. The molecule has 0 saturated heterocycles. The van der Waals surface area contributed by atoms with Crippen LogP contribution in [0.25, 0.3) is 11.3 Å². The van der Waals surface area contributed by atoms with Crippen molar-refractivity contribution in [3.05, 3.63) is 105 Å². The molecule has 1 aliphatic rings. The number of carbonyl (C=O) groups is 1. The van der Waals surface area contributed by atoms with Crippen molar-refractivity contribution in [2.45, 2.75) is 64.3 Å². The van der Waals surface area contributed by atoms with Crippen molar-refractivity contribution in [2.75, 3.05) is 0 Å². The highest BCUT2D eigenvalue weighted by molar-refractivity contribution is 5.79. The van der Waals surface area contributed by atoms with E-state index in [9.17, 15) is 9.59 Å². The Hall–Kier alpha value is -3.80. The normalized spacial score (nSPS) is 12.9. The molecule has 0 radical (unpaired) electrons. The lowest BCUT2D eigenvalue weighted by molar-refractivity contribution is -0.119. The molecule has 0 unspecified atom stereocenters. The summed E-state index contributed by atoms with van der Waals surface area (Å²) in [5.41, 5.74) is 7.06. The van der Waals surface area contributed by atoms with E-state index in [0.717, 1.165) is 31.2 Å². The van der Waals surface area contributed by atoms with Crippen LogP contribution in [0.3, 0.4) is 0 Å². The van der Waals surface area contributed by atoms with Gasteiger partial charge in [-0.25, -0.2) is 0 Å². The summed E-state index contributed by atoms with van der Waals surface area (Å²) in [4.78, 5) is 31.1. The summed E-state index contributed by atoms with van der Waals surface area (Å²) in [7, 11) is 1.83. The molecule has 0 fully saturated rings. The quantitative estimate of drug-likeness (QED) is 0.314. The van der Waals surface area contributed by atoms with Crippen molar-refractivity contribution in [1.29, 1.82) is 0 Å². The largest absolute Gasteiger partial charge is 0.298 e. The molecule has 6 nitrogen and oxygen atoms in total. The maximum absolute atomic E-state index is 13.5. The van der Waals surface area contributed by atoms with Gasteiger partial charge in [-0.2, -0.15) is 5.10 Å². The van der Waals surface area contributed by atoms with Gasteiger partial charge in [-0.3, -0.25) is 23.8 Å². The predicted octanol–water partition coefficient (Wildman–Crippen LogP) is 4.90. The molecule has 2 aromatic carbocycles. The predicted molar refractivity (Wildman–Crippen MR) is 146 cm³/mol. The fraction of sp³-hybridized carbons (Fsp3) is 0.355. The van der Waals surface area contributed by atoms with Crippen LogP contribution in [0.15, 0.2) is 71.9 Å². The molecule has 0 bridgehead atoms. The van der Waals surface area contributed by atoms with Crippen molar-refractivity contribution in [1.82, 2.24) is 19.3 Å². The number of aryl methyl sites for hydroxylation is 6. The number of ketones is 1. The van der Waals surface area contributed by atoms with E-state index in [0.29, 0.717) is 30.7 Å². The van der Waals surface area contributed by atoms with Gasteiger partial charge in [0.1, 0.15) is 5.69 Å². The molecule has 0 amide bonds. The first-order valence-corrected chi connectivity index (χ1v) is 13.3. The summed E-state index contributed by atoms with van der Waals surface area (Å²) in [5, 5.41) is 4.25. The maximum Gasteiger partial charge on any atom is 0.273 e. The van der Waals surface area contributed by atoms with Gasteiger partial charge in [0.2, 0.25) is 0 Å². The van der Waals surface area contributed by atoms with Gasteiger partial charge in [0.05, 0.1) is 24.6 Å². The molecule has 4 aromatic rings. The number of benzene rings is 2. The second-order valence-corrected chi connectivity index (χ2v) is 10.1. The Labute approximate surface area is 218 Å². The van der Waals surface area contributed by atoms with Crippen molar-refractivity contribution in [3.63, 3.8) is 0 Å². The summed E-state index contributed by atoms with van der Waals surface area (Å²) in [5.74, 6) is 0.0476. The Morgan fingerprint density at radius 1 is 0.919 bits per heavy atom. The zero-order chi connectivity index (χ0) is 25.6. The van der Waals surface area contributed by atoms with Crippen LogP contribution in [0.2, 0.25) is 0 Å². The molecule has 6 heteroatoms. The lowest BCUT2D eigenvalue weighted by atomic mass is 9.89. The first-order chi connectivity index (χ1) is 18.1. The highest BCUT2D eigenvalue weighted by atomic mass is 16.1. The average molecular weight is 495 g/mol. The highest BCUT2D eigenvalue weighted by Gasteiger charge is 2.17. The Balaban J connectivity index is 1.31. The SMILES string of the molecule is Cn1cc(-c2cnc(CCCc3ccccc3)c(=O)n2CC(=O)CCc2ccc3c(c2)CCCC3)cn1. The highest BCUT2D eigenvalue weighted by Crippen LogP contribution is 2.23. The smallest absolute Gasteiger partial charge is 0.273 e. The Kier molecular flexibility index (Phi) is 7.73. The first-order valence-electron chi connectivity index (χ1n) is 13.3. The number of nitrogens with zero attached hydrogens (tertiary/aromatic N) is 4. The van der Waals surface area contributed by atoms with E-state index >= 15 is 0 Å². The van der Waals surface area contributed by atoms with Gasteiger partial charge in [0.25, 0.3) is 5.56 Å². The van der Waals surface area contributed by atoms with E-state index < -0.39 is 0 Å². The minimum atomic E-state index is -0.184. The molecule has 0 N–H and O–H groups in total. The lowest BCUT2D eigenvalue weighted by Gasteiger charge is -2.16. The van der Waals surface area contributed by atoms with Crippen LogP contribution in [-0.4, -0.2) is 25.1 Å².